The molecule has 2 N–H and O–H groups in total. The van der Waals surface area contributed by atoms with E-state index in [1.54, 1.807) is 0 Å². The highest BCUT2D eigenvalue weighted by Crippen LogP contribution is 2.32. The first-order valence-corrected chi connectivity index (χ1v) is 8.73. The molecule has 0 saturated carbocycles. The quantitative estimate of drug-likeness (QED) is 0.802. The second-order valence-corrected chi connectivity index (χ2v) is 6.52. The Balaban J connectivity index is 0.000000279. The maximum absolute atomic E-state index is 9.55. The lowest BCUT2D eigenvalue weighted by Crippen LogP contribution is -2.17. The number of hydrogen-bond acceptors (Lipinski definition) is 4. The van der Waals surface area contributed by atoms with E-state index in [1.165, 1.54) is 41.6 Å². The van der Waals surface area contributed by atoms with Gasteiger partial charge in [-0.25, -0.2) is 9.59 Å². The molecule has 142 valence electrons. The molecule has 1 aliphatic rings. The number of hydrogen-bond donors (Lipinski definition) is 2. The number of aliphatic carboxylic acids is 2. The Morgan fingerprint density at radius 3 is 2.37 bits per heavy atom. The van der Waals surface area contributed by atoms with Gasteiger partial charge in [-0.1, -0.05) is 29.8 Å². The largest absolute Gasteiger partial charge is 0.478 e. The Hall–Kier alpha value is -2.99. The highest BCUT2D eigenvalue weighted by Gasteiger charge is 2.22. The number of pyridine rings is 1. The van der Waals surface area contributed by atoms with Crippen molar-refractivity contribution in [3.05, 3.63) is 66.0 Å². The number of carboxylic acids is 2. The molecule has 1 aromatic heterocycles. The number of aryl methyl sites for hydroxylation is 1. The van der Waals surface area contributed by atoms with Crippen molar-refractivity contribution in [2.75, 3.05) is 13.6 Å². The van der Waals surface area contributed by atoms with Crippen LogP contribution in [-0.2, 0) is 9.59 Å². The smallest absolute Gasteiger partial charge is 0.328 e. The van der Waals surface area contributed by atoms with E-state index in [1.807, 2.05) is 12.4 Å². The zero-order chi connectivity index (χ0) is 19.8. The van der Waals surface area contributed by atoms with Gasteiger partial charge in [-0.15, -0.1) is 0 Å². The maximum atomic E-state index is 9.55. The minimum absolute atomic E-state index is 0.539. The van der Waals surface area contributed by atoms with Crippen LogP contribution in [0.1, 0.15) is 30.0 Å². The molecule has 2 heterocycles. The normalized spacial score (nSPS) is 16.7. The third kappa shape index (κ3) is 6.34. The molecule has 6 nitrogen and oxygen atoms in total. The Bertz CT molecular complexity index is 816. The van der Waals surface area contributed by atoms with E-state index in [2.05, 4.69) is 54.2 Å². The Labute approximate surface area is 158 Å². The molecule has 1 unspecified atom stereocenters. The number of carbonyl (C=O) groups is 2. The first kappa shape index (κ1) is 20.3. The van der Waals surface area contributed by atoms with Crippen molar-refractivity contribution in [1.82, 2.24) is 9.88 Å². The van der Waals surface area contributed by atoms with E-state index < -0.39 is 11.9 Å². The van der Waals surface area contributed by atoms with Crippen LogP contribution in [0.2, 0.25) is 0 Å². The van der Waals surface area contributed by atoms with Gasteiger partial charge in [0.2, 0.25) is 0 Å². The Kier molecular flexibility index (Phi) is 7.25. The summed E-state index contributed by atoms with van der Waals surface area (Å²) in [5, 5.41) is 15.6. The molecule has 0 spiro atoms. The molecule has 0 amide bonds. The van der Waals surface area contributed by atoms with Crippen LogP contribution in [0.5, 0.6) is 0 Å². The first-order chi connectivity index (χ1) is 12.9. The predicted octanol–water partition coefficient (Wildman–Crippen LogP) is 3.54. The predicted molar refractivity (Wildman–Crippen MR) is 103 cm³/mol. The molecule has 1 aliphatic heterocycles. The van der Waals surface area contributed by atoms with Crippen molar-refractivity contribution >= 4 is 11.9 Å². The van der Waals surface area contributed by atoms with Crippen LogP contribution in [0.25, 0.3) is 11.1 Å². The molecule has 6 heteroatoms. The second-order valence-electron chi connectivity index (χ2n) is 6.52. The minimum Gasteiger partial charge on any atom is -0.478 e. The zero-order valence-corrected chi connectivity index (χ0v) is 15.5. The van der Waals surface area contributed by atoms with Crippen molar-refractivity contribution in [1.29, 1.82) is 0 Å². The topological polar surface area (TPSA) is 90.7 Å². The third-order valence-corrected chi connectivity index (χ3v) is 4.38. The summed E-state index contributed by atoms with van der Waals surface area (Å²) in [6.45, 7) is 3.32. The van der Waals surface area contributed by atoms with Crippen LogP contribution in [0.15, 0.2) is 54.9 Å². The first-order valence-electron chi connectivity index (χ1n) is 8.73. The van der Waals surface area contributed by atoms with Gasteiger partial charge in [0.15, 0.2) is 0 Å². The lowest BCUT2D eigenvalue weighted by molar-refractivity contribution is -0.134. The van der Waals surface area contributed by atoms with E-state index >= 15 is 0 Å². The summed E-state index contributed by atoms with van der Waals surface area (Å²) in [7, 11) is 2.21. The number of likely N-dealkylation sites (tertiary alicyclic amines) is 1. The van der Waals surface area contributed by atoms with E-state index in [-0.39, 0.29) is 0 Å². The molecular formula is C21H24N2O4. The maximum Gasteiger partial charge on any atom is 0.328 e. The Morgan fingerprint density at radius 2 is 1.81 bits per heavy atom. The highest BCUT2D eigenvalue weighted by molar-refractivity contribution is 5.89. The van der Waals surface area contributed by atoms with Crippen LogP contribution in [0.3, 0.4) is 0 Å². The molecule has 0 aliphatic carbocycles. The summed E-state index contributed by atoms with van der Waals surface area (Å²) < 4.78 is 0. The summed E-state index contributed by atoms with van der Waals surface area (Å²) in [5.41, 5.74) is 5.12. The SMILES string of the molecule is Cc1cccc(-c2cncc(C3CCCN3C)c2)c1.O=C(O)C=CC(=O)O. The van der Waals surface area contributed by atoms with E-state index in [4.69, 9.17) is 10.2 Å². The van der Waals surface area contributed by atoms with Crippen molar-refractivity contribution in [3.63, 3.8) is 0 Å². The van der Waals surface area contributed by atoms with Crippen molar-refractivity contribution in [2.45, 2.75) is 25.8 Å². The third-order valence-electron chi connectivity index (χ3n) is 4.38. The van der Waals surface area contributed by atoms with Crippen LogP contribution in [0.4, 0.5) is 0 Å². The van der Waals surface area contributed by atoms with Crippen LogP contribution < -0.4 is 0 Å². The fourth-order valence-electron chi connectivity index (χ4n) is 3.10. The summed E-state index contributed by atoms with van der Waals surface area (Å²) >= 11 is 0. The molecule has 1 aromatic carbocycles. The second kappa shape index (κ2) is 9.64. The molecule has 1 fully saturated rings. The molecule has 3 rings (SSSR count). The number of carboxylic acid groups (broad SMARTS) is 2. The van der Waals surface area contributed by atoms with Crippen molar-refractivity contribution < 1.29 is 19.8 Å². The number of nitrogens with zero attached hydrogens (tertiary/aromatic N) is 2. The molecular weight excluding hydrogens is 344 g/mol. The van der Waals surface area contributed by atoms with Gasteiger partial charge in [-0.2, -0.15) is 0 Å². The molecule has 1 atom stereocenters. The monoisotopic (exact) mass is 368 g/mol. The minimum atomic E-state index is -1.26. The average molecular weight is 368 g/mol. The molecule has 2 aromatic rings. The fourth-order valence-corrected chi connectivity index (χ4v) is 3.10. The van der Waals surface area contributed by atoms with Gasteiger partial charge in [0.05, 0.1) is 0 Å². The van der Waals surface area contributed by atoms with Gasteiger partial charge >= 0.3 is 11.9 Å². The van der Waals surface area contributed by atoms with Crippen LogP contribution in [0, 0.1) is 6.92 Å². The van der Waals surface area contributed by atoms with E-state index in [0.29, 0.717) is 18.2 Å². The van der Waals surface area contributed by atoms with Gasteiger partial charge in [0.1, 0.15) is 0 Å². The lowest BCUT2D eigenvalue weighted by Gasteiger charge is -2.20. The van der Waals surface area contributed by atoms with Gasteiger partial charge in [0, 0.05) is 36.2 Å². The fraction of sp³-hybridized carbons (Fsp3) is 0.286. The van der Waals surface area contributed by atoms with Gasteiger partial charge in [0.25, 0.3) is 0 Å². The summed E-state index contributed by atoms with van der Waals surface area (Å²) in [5.74, 6) is -2.51. The average Bonchev–Trinajstić information content (AvgIpc) is 3.07. The lowest BCUT2D eigenvalue weighted by atomic mass is 10.0. The summed E-state index contributed by atoms with van der Waals surface area (Å²) in [6.07, 6.45) is 7.63. The highest BCUT2D eigenvalue weighted by atomic mass is 16.4. The number of benzene rings is 1. The number of aromatic nitrogens is 1. The molecule has 0 radical (unpaired) electrons. The zero-order valence-electron chi connectivity index (χ0n) is 15.5. The van der Waals surface area contributed by atoms with Crippen molar-refractivity contribution in [2.24, 2.45) is 0 Å². The summed E-state index contributed by atoms with van der Waals surface area (Å²) in [4.78, 5) is 26.0. The van der Waals surface area contributed by atoms with Crippen LogP contribution >= 0.6 is 0 Å². The molecule has 1 saturated heterocycles. The molecule has 27 heavy (non-hydrogen) atoms. The van der Waals surface area contributed by atoms with Gasteiger partial charge in [-0.3, -0.25) is 9.88 Å². The van der Waals surface area contributed by atoms with E-state index in [0.717, 1.165) is 0 Å². The number of rotatable bonds is 4. The summed E-state index contributed by atoms with van der Waals surface area (Å²) in [6, 6.07) is 11.5. The van der Waals surface area contributed by atoms with Crippen molar-refractivity contribution in [3.8, 4) is 11.1 Å². The van der Waals surface area contributed by atoms with Gasteiger partial charge in [-0.05, 0) is 50.6 Å². The van der Waals surface area contributed by atoms with Crippen LogP contribution in [-0.4, -0.2) is 45.6 Å². The molecule has 0 bridgehead atoms. The van der Waals surface area contributed by atoms with Gasteiger partial charge < -0.3 is 10.2 Å². The van der Waals surface area contributed by atoms with E-state index in [9.17, 15) is 9.59 Å². The Morgan fingerprint density at radius 1 is 1.11 bits per heavy atom. The standard InChI is InChI=1S/C17H20N2.C4H4O4/c1-13-5-3-6-14(9-13)15-10-16(12-18-11-15)17-7-4-8-19(17)2;5-3(6)1-2-4(7)8/h3,5-6,9-12,17H,4,7-8H2,1-2H3;1-2H,(H,5,6)(H,7,8).